The highest BCUT2D eigenvalue weighted by atomic mass is 19.4. The number of rotatable bonds is 4. The summed E-state index contributed by atoms with van der Waals surface area (Å²) in [6.45, 7) is 7.53. The van der Waals surface area contributed by atoms with E-state index in [2.05, 4.69) is 15.3 Å². The molecule has 2 aromatic heterocycles. The number of nitrogens with zero attached hydrogens (tertiary/aromatic N) is 5. The van der Waals surface area contributed by atoms with Crippen LogP contribution in [0.2, 0.25) is 0 Å². The molecule has 4 rings (SSSR count). The summed E-state index contributed by atoms with van der Waals surface area (Å²) in [7, 11) is 1.48. The van der Waals surface area contributed by atoms with Crippen LogP contribution in [0.3, 0.4) is 0 Å². The number of alkyl halides is 3. The van der Waals surface area contributed by atoms with Crippen LogP contribution in [0.5, 0.6) is 0 Å². The number of carbonyl (C=O) groups is 1. The van der Waals surface area contributed by atoms with E-state index in [0.717, 1.165) is 6.07 Å². The Kier molecular flexibility index (Phi) is 7.16. The molecule has 1 unspecified atom stereocenters. The third kappa shape index (κ3) is 5.19. The van der Waals surface area contributed by atoms with Crippen LogP contribution in [0, 0.1) is 18.3 Å². The molecule has 38 heavy (non-hydrogen) atoms. The lowest BCUT2D eigenvalue weighted by Gasteiger charge is -2.35. The van der Waals surface area contributed by atoms with Crippen LogP contribution in [-0.4, -0.2) is 50.6 Å². The number of amides is 1. The number of carbonyl (C=O) groups excluding carboxylic acids is 1. The van der Waals surface area contributed by atoms with E-state index in [0.29, 0.717) is 13.1 Å². The van der Waals surface area contributed by atoms with Crippen LogP contribution >= 0.6 is 0 Å². The fraction of sp³-hybridized carbons (Fsp3) is 0.423. The average Bonchev–Trinajstić information content (AvgIpc) is 2.85. The van der Waals surface area contributed by atoms with Gasteiger partial charge in [0.25, 0.3) is 11.5 Å². The maximum atomic E-state index is 14.0. The Morgan fingerprint density at radius 3 is 2.47 bits per heavy atom. The first-order valence-electron chi connectivity index (χ1n) is 12.0. The SMILES string of the molecule is Cc1nc2nc(C(F)(F)F)c(C(C)Nc3ccc(C(=O)N4C[C@@H](C)O[C@@H](C)C4)cc3C#N)cc2c(=O)n1C. The van der Waals surface area contributed by atoms with Crippen molar-refractivity contribution >= 4 is 22.6 Å². The number of morpholine rings is 1. The first kappa shape index (κ1) is 27.1. The van der Waals surface area contributed by atoms with Crippen LogP contribution in [0.4, 0.5) is 18.9 Å². The number of hydrogen-bond donors (Lipinski definition) is 1. The monoisotopic (exact) mass is 528 g/mol. The van der Waals surface area contributed by atoms with E-state index < -0.39 is 23.5 Å². The van der Waals surface area contributed by atoms with Crippen LogP contribution in [0.25, 0.3) is 11.0 Å². The molecule has 0 aliphatic carbocycles. The van der Waals surface area contributed by atoms with Crippen LogP contribution in [-0.2, 0) is 18.0 Å². The van der Waals surface area contributed by atoms with Crippen molar-refractivity contribution in [1.29, 1.82) is 5.26 Å². The highest BCUT2D eigenvalue weighted by Gasteiger charge is 2.38. The molecular formula is C26H27F3N6O3. The third-order valence-electron chi connectivity index (χ3n) is 6.52. The van der Waals surface area contributed by atoms with Crippen molar-refractivity contribution in [1.82, 2.24) is 19.4 Å². The standard InChI is InChI=1S/C26H27F3N6O3/c1-13-11-35(12-14(2)38-13)24(36)17-6-7-21(18(8-17)10-30)31-15(3)19-9-20-23(33-22(19)26(27,28)29)32-16(4)34(5)25(20)37/h6-9,13-15,31H,11-12H2,1-5H3/t13-,14+,15?. The van der Waals surface area contributed by atoms with Crippen molar-refractivity contribution in [3.8, 4) is 6.07 Å². The van der Waals surface area contributed by atoms with Crippen molar-refractivity contribution < 1.29 is 22.7 Å². The second-order valence-electron chi connectivity index (χ2n) is 9.52. The number of halogens is 3. The molecule has 1 aromatic carbocycles. The predicted molar refractivity (Wildman–Crippen MR) is 134 cm³/mol. The van der Waals surface area contributed by atoms with Gasteiger partial charge in [-0.25, -0.2) is 9.97 Å². The molecule has 200 valence electrons. The molecular weight excluding hydrogens is 501 g/mol. The molecule has 1 aliphatic heterocycles. The summed E-state index contributed by atoms with van der Waals surface area (Å²) in [6.07, 6.45) is -5.07. The van der Waals surface area contributed by atoms with Gasteiger partial charge in [-0.15, -0.1) is 0 Å². The van der Waals surface area contributed by atoms with Crippen molar-refractivity contribution in [2.75, 3.05) is 18.4 Å². The largest absolute Gasteiger partial charge is 0.433 e. The molecule has 0 bridgehead atoms. The van der Waals surface area contributed by atoms with Gasteiger partial charge in [0.15, 0.2) is 11.3 Å². The number of ether oxygens (including phenoxy) is 1. The number of fused-ring (bicyclic) bond motifs is 1. The number of aromatic nitrogens is 3. The molecule has 1 amide bonds. The van der Waals surface area contributed by atoms with Crippen molar-refractivity contribution in [2.45, 2.75) is 52.1 Å². The van der Waals surface area contributed by atoms with Crippen LogP contribution in [0.15, 0.2) is 29.1 Å². The van der Waals surface area contributed by atoms with Gasteiger partial charge in [-0.3, -0.25) is 14.2 Å². The number of hydrogen-bond acceptors (Lipinski definition) is 7. The van der Waals surface area contributed by atoms with Crippen molar-refractivity contribution in [3.63, 3.8) is 0 Å². The molecule has 9 nitrogen and oxygen atoms in total. The lowest BCUT2D eigenvalue weighted by molar-refractivity contribution is -0.141. The zero-order chi connectivity index (χ0) is 27.9. The van der Waals surface area contributed by atoms with E-state index in [1.54, 1.807) is 4.90 Å². The summed E-state index contributed by atoms with van der Waals surface area (Å²) >= 11 is 0. The number of anilines is 1. The van der Waals surface area contributed by atoms with Gasteiger partial charge in [-0.05, 0) is 52.0 Å². The van der Waals surface area contributed by atoms with Gasteiger partial charge in [0.05, 0.1) is 34.9 Å². The summed E-state index contributed by atoms with van der Waals surface area (Å²) in [4.78, 5) is 35.1. The maximum Gasteiger partial charge on any atom is 0.433 e. The van der Waals surface area contributed by atoms with Gasteiger partial charge in [-0.2, -0.15) is 18.4 Å². The molecule has 3 atom stereocenters. The van der Waals surface area contributed by atoms with E-state index in [-0.39, 0.29) is 57.4 Å². The molecule has 1 N–H and O–H groups in total. The molecule has 1 aliphatic rings. The number of nitrogens with one attached hydrogen (secondary N) is 1. The molecule has 0 radical (unpaired) electrons. The van der Waals surface area contributed by atoms with Gasteiger partial charge in [-0.1, -0.05) is 0 Å². The Morgan fingerprint density at radius 2 is 1.87 bits per heavy atom. The van der Waals surface area contributed by atoms with E-state index in [4.69, 9.17) is 4.74 Å². The Morgan fingerprint density at radius 1 is 1.21 bits per heavy atom. The lowest BCUT2D eigenvalue weighted by Crippen LogP contribution is -2.48. The Balaban J connectivity index is 1.69. The number of pyridine rings is 1. The smallest absolute Gasteiger partial charge is 0.377 e. The highest BCUT2D eigenvalue weighted by molar-refractivity contribution is 5.95. The number of benzene rings is 1. The van der Waals surface area contributed by atoms with Gasteiger partial charge >= 0.3 is 6.18 Å². The van der Waals surface area contributed by atoms with E-state index in [9.17, 15) is 28.0 Å². The average molecular weight is 529 g/mol. The molecule has 3 heterocycles. The maximum absolute atomic E-state index is 14.0. The normalized spacial score (nSPS) is 18.8. The Bertz CT molecular complexity index is 1500. The van der Waals surface area contributed by atoms with E-state index in [1.807, 2.05) is 19.9 Å². The third-order valence-corrected chi connectivity index (χ3v) is 6.52. The van der Waals surface area contributed by atoms with E-state index in [1.165, 1.54) is 43.7 Å². The van der Waals surface area contributed by atoms with Gasteiger partial charge in [0, 0.05) is 31.3 Å². The molecule has 1 saturated heterocycles. The second kappa shape index (κ2) is 10.1. The Labute approximate surface area is 216 Å². The first-order chi connectivity index (χ1) is 17.8. The zero-order valence-electron chi connectivity index (χ0n) is 21.6. The quantitative estimate of drug-likeness (QED) is 0.546. The van der Waals surface area contributed by atoms with Gasteiger partial charge < -0.3 is 15.0 Å². The molecule has 0 spiro atoms. The lowest BCUT2D eigenvalue weighted by atomic mass is 10.0. The van der Waals surface area contributed by atoms with Gasteiger partial charge in [0.2, 0.25) is 0 Å². The summed E-state index contributed by atoms with van der Waals surface area (Å²) < 4.78 is 48.8. The summed E-state index contributed by atoms with van der Waals surface area (Å²) in [5, 5.41) is 12.6. The molecule has 12 heteroatoms. The summed E-state index contributed by atoms with van der Waals surface area (Å²) in [5.41, 5.74) is -1.64. The summed E-state index contributed by atoms with van der Waals surface area (Å²) in [5.74, 6) is -0.0313. The predicted octanol–water partition coefficient (Wildman–Crippen LogP) is 3.95. The molecule has 3 aromatic rings. The minimum absolute atomic E-state index is 0.0508. The minimum Gasteiger partial charge on any atom is -0.377 e. The van der Waals surface area contributed by atoms with E-state index >= 15 is 0 Å². The first-order valence-corrected chi connectivity index (χ1v) is 12.0. The van der Waals surface area contributed by atoms with Gasteiger partial charge in [0.1, 0.15) is 11.9 Å². The zero-order valence-corrected chi connectivity index (χ0v) is 21.6. The fourth-order valence-electron chi connectivity index (χ4n) is 4.61. The van der Waals surface area contributed by atoms with Crippen LogP contribution < -0.4 is 10.9 Å². The van der Waals surface area contributed by atoms with Crippen LogP contribution in [0.1, 0.15) is 59.8 Å². The number of nitriles is 1. The topological polar surface area (TPSA) is 113 Å². The minimum atomic E-state index is -4.81. The highest BCUT2D eigenvalue weighted by Crippen LogP contribution is 2.36. The van der Waals surface area contributed by atoms with Crippen molar-refractivity contribution in [2.24, 2.45) is 7.05 Å². The molecule has 0 saturated carbocycles. The second-order valence-corrected chi connectivity index (χ2v) is 9.52. The number of aryl methyl sites for hydroxylation is 1. The fourth-order valence-corrected chi connectivity index (χ4v) is 4.61. The molecule has 1 fully saturated rings. The summed E-state index contributed by atoms with van der Waals surface area (Å²) in [6, 6.07) is 6.57. The van der Waals surface area contributed by atoms with Crippen molar-refractivity contribution in [3.05, 3.63) is 62.8 Å². The Hall–Kier alpha value is -3.98.